The van der Waals surface area contributed by atoms with E-state index >= 15 is 0 Å². The van der Waals surface area contributed by atoms with E-state index in [-0.39, 0.29) is 17.1 Å². The van der Waals surface area contributed by atoms with Gasteiger partial charge in [-0.3, -0.25) is 0 Å². The number of benzene rings is 2. The van der Waals surface area contributed by atoms with E-state index in [0.29, 0.717) is 11.1 Å². The molecule has 0 spiro atoms. The van der Waals surface area contributed by atoms with Gasteiger partial charge in [0.1, 0.15) is 5.82 Å². The second-order valence-electron chi connectivity index (χ2n) is 4.07. The molecule has 20 heavy (non-hydrogen) atoms. The number of phenolic OH excluding ortho intramolecular Hbond substituents is 1. The first-order valence-electron chi connectivity index (χ1n) is 5.82. The van der Waals surface area contributed by atoms with Crippen molar-refractivity contribution in [1.82, 2.24) is 0 Å². The second-order valence-corrected chi connectivity index (χ2v) is 4.07. The lowest BCUT2D eigenvalue weighted by molar-refractivity contribution is 0.0600. The number of rotatable bonds is 3. The minimum atomic E-state index is -0.598. The third kappa shape index (κ3) is 2.56. The van der Waals surface area contributed by atoms with Crippen molar-refractivity contribution in [2.24, 2.45) is 0 Å². The van der Waals surface area contributed by atoms with E-state index in [0.717, 1.165) is 6.07 Å². The van der Waals surface area contributed by atoms with Crippen LogP contribution >= 0.6 is 0 Å². The minimum absolute atomic E-state index is 0.0251. The molecule has 2 aromatic rings. The maximum absolute atomic E-state index is 14.1. The number of carbonyl (C=O) groups is 1. The van der Waals surface area contributed by atoms with Gasteiger partial charge in [-0.15, -0.1) is 0 Å². The SMILES string of the molecule is COC(=O)c1ccc(-c2ccc(O)c(OC)c2)c(F)c1. The van der Waals surface area contributed by atoms with Gasteiger partial charge in [-0.1, -0.05) is 12.1 Å². The highest BCUT2D eigenvalue weighted by Crippen LogP contribution is 2.32. The first-order chi connectivity index (χ1) is 9.56. The zero-order valence-corrected chi connectivity index (χ0v) is 11.0. The quantitative estimate of drug-likeness (QED) is 0.876. The summed E-state index contributed by atoms with van der Waals surface area (Å²) in [6.07, 6.45) is 0. The number of phenols is 1. The van der Waals surface area contributed by atoms with Crippen LogP contribution in [-0.4, -0.2) is 25.3 Å². The van der Waals surface area contributed by atoms with Gasteiger partial charge in [0.25, 0.3) is 0 Å². The smallest absolute Gasteiger partial charge is 0.337 e. The van der Waals surface area contributed by atoms with Crippen LogP contribution in [0.15, 0.2) is 36.4 Å². The molecule has 0 aliphatic rings. The summed E-state index contributed by atoms with van der Waals surface area (Å²) in [7, 11) is 2.65. The van der Waals surface area contributed by atoms with Gasteiger partial charge < -0.3 is 14.6 Å². The van der Waals surface area contributed by atoms with Crippen molar-refractivity contribution in [3.8, 4) is 22.6 Å². The molecule has 0 aliphatic heterocycles. The summed E-state index contributed by atoms with van der Waals surface area (Å²) in [6, 6.07) is 8.57. The predicted molar refractivity (Wildman–Crippen MR) is 71.4 cm³/mol. The summed E-state index contributed by atoms with van der Waals surface area (Å²) >= 11 is 0. The Bertz CT molecular complexity index is 652. The number of carbonyl (C=O) groups excluding carboxylic acids is 1. The fraction of sp³-hybridized carbons (Fsp3) is 0.133. The third-order valence-electron chi connectivity index (χ3n) is 2.88. The molecule has 1 N–H and O–H groups in total. The van der Waals surface area contributed by atoms with E-state index in [4.69, 9.17) is 4.74 Å². The lowest BCUT2D eigenvalue weighted by atomic mass is 10.0. The summed E-state index contributed by atoms with van der Waals surface area (Å²) in [4.78, 5) is 11.3. The van der Waals surface area contributed by atoms with Crippen LogP contribution < -0.4 is 4.74 Å². The molecule has 0 aromatic heterocycles. The molecule has 0 aliphatic carbocycles. The highest BCUT2D eigenvalue weighted by atomic mass is 19.1. The van der Waals surface area contributed by atoms with Crippen LogP contribution in [0.1, 0.15) is 10.4 Å². The van der Waals surface area contributed by atoms with Crippen molar-refractivity contribution < 1.29 is 23.8 Å². The van der Waals surface area contributed by atoms with E-state index in [9.17, 15) is 14.3 Å². The summed E-state index contributed by atoms with van der Waals surface area (Å²) in [5, 5.41) is 9.52. The molecule has 0 atom stereocenters. The summed E-state index contributed by atoms with van der Waals surface area (Å²) in [5.74, 6) is -0.929. The van der Waals surface area contributed by atoms with E-state index in [1.165, 1.54) is 38.5 Å². The highest BCUT2D eigenvalue weighted by Gasteiger charge is 2.12. The first kappa shape index (κ1) is 13.9. The highest BCUT2D eigenvalue weighted by molar-refractivity contribution is 5.90. The van der Waals surface area contributed by atoms with Gasteiger partial charge in [-0.05, 0) is 29.8 Å². The molecular formula is C15H13FO4. The Hall–Kier alpha value is -2.56. The molecule has 4 nitrogen and oxygen atoms in total. The average molecular weight is 276 g/mol. The maximum atomic E-state index is 14.1. The van der Waals surface area contributed by atoms with Gasteiger partial charge in [0.05, 0.1) is 19.8 Å². The number of methoxy groups -OCH3 is 2. The molecule has 2 aromatic carbocycles. The Kier molecular flexibility index (Phi) is 3.89. The number of halogens is 1. The number of ether oxygens (including phenoxy) is 2. The van der Waals surface area contributed by atoms with Crippen LogP contribution in [0, 0.1) is 5.82 Å². The van der Waals surface area contributed by atoms with Crippen LogP contribution in [0.4, 0.5) is 4.39 Å². The van der Waals surface area contributed by atoms with Crippen LogP contribution in [0.2, 0.25) is 0 Å². The van der Waals surface area contributed by atoms with Gasteiger partial charge in [-0.25, -0.2) is 9.18 Å². The van der Waals surface area contributed by atoms with E-state index in [1.54, 1.807) is 6.07 Å². The van der Waals surface area contributed by atoms with Crippen molar-refractivity contribution in [3.63, 3.8) is 0 Å². The van der Waals surface area contributed by atoms with Crippen molar-refractivity contribution in [3.05, 3.63) is 47.8 Å². The molecule has 0 radical (unpaired) electrons. The van der Waals surface area contributed by atoms with Gasteiger partial charge in [0, 0.05) is 5.56 Å². The van der Waals surface area contributed by atoms with Gasteiger partial charge in [0.15, 0.2) is 11.5 Å². The number of esters is 1. The molecule has 0 unspecified atom stereocenters. The molecule has 0 saturated carbocycles. The van der Waals surface area contributed by atoms with Gasteiger partial charge in [-0.2, -0.15) is 0 Å². The standard InChI is InChI=1S/C15H13FO4/c1-19-14-8-9(4-6-13(14)17)11-5-3-10(7-12(11)16)15(18)20-2/h3-8,17H,1-2H3. The molecule has 2 rings (SSSR count). The first-order valence-corrected chi connectivity index (χ1v) is 5.82. The largest absolute Gasteiger partial charge is 0.504 e. The fourth-order valence-corrected chi connectivity index (χ4v) is 1.84. The molecule has 0 amide bonds. The zero-order chi connectivity index (χ0) is 14.7. The molecule has 0 heterocycles. The molecule has 104 valence electrons. The van der Waals surface area contributed by atoms with Crippen LogP contribution in [0.25, 0.3) is 11.1 Å². The van der Waals surface area contributed by atoms with E-state index in [1.807, 2.05) is 0 Å². The Balaban J connectivity index is 2.45. The number of aromatic hydroxyl groups is 1. The number of hydrogen-bond acceptors (Lipinski definition) is 4. The third-order valence-corrected chi connectivity index (χ3v) is 2.88. The van der Waals surface area contributed by atoms with Crippen LogP contribution in [0.3, 0.4) is 0 Å². The van der Waals surface area contributed by atoms with Crippen molar-refractivity contribution >= 4 is 5.97 Å². The monoisotopic (exact) mass is 276 g/mol. The molecule has 0 bridgehead atoms. The predicted octanol–water partition coefficient (Wildman–Crippen LogP) is 2.99. The molecule has 0 fully saturated rings. The van der Waals surface area contributed by atoms with Crippen molar-refractivity contribution in [1.29, 1.82) is 0 Å². The van der Waals surface area contributed by atoms with Crippen LogP contribution in [-0.2, 0) is 4.74 Å². The van der Waals surface area contributed by atoms with E-state index < -0.39 is 11.8 Å². The topological polar surface area (TPSA) is 55.8 Å². The van der Waals surface area contributed by atoms with Gasteiger partial charge in [0.2, 0.25) is 0 Å². The van der Waals surface area contributed by atoms with Crippen LogP contribution in [0.5, 0.6) is 11.5 Å². The normalized spacial score (nSPS) is 10.2. The molecular weight excluding hydrogens is 263 g/mol. The van der Waals surface area contributed by atoms with Crippen molar-refractivity contribution in [2.45, 2.75) is 0 Å². The Morgan fingerprint density at radius 1 is 1.15 bits per heavy atom. The minimum Gasteiger partial charge on any atom is -0.504 e. The van der Waals surface area contributed by atoms with Crippen molar-refractivity contribution in [2.75, 3.05) is 14.2 Å². The van der Waals surface area contributed by atoms with Gasteiger partial charge >= 0.3 is 5.97 Å². The zero-order valence-electron chi connectivity index (χ0n) is 11.0. The second kappa shape index (κ2) is 5.61. The maximum Gasteiger partial charge on any atom is 0.337 e. The summed E-state index contributed by atoms with van der Waals surface area (Å²) in [6.45, 7) is 0. The lowest BCUT2D eigenvalue weighted by Gasteiger charge is -2.08. The summed E-state index contributed by atoms with van der Waals surface area (Å²) < 4.78 is 23.6. The lowest BCUT2D eigenvalue weighted by Crippen LogP contribution is -2.02. The van der Waals surface area contributed by atoms with E-state index in [2.05, 4.69) is 4.74 Å². The summed E-state index contributed by atoms with van der Waals surface area (Å²) in [5.41, 5.74) is 0.976. The Morgan fingerprint density at radius 2 is 1.90 bits per heavy atom. The number of hydrogen-bond donors (Lipinski definition) is 1. The molecule has 0 saturated heterocycles. The Labute approximate surface area is 115 Å². The molecule has 5 heteroatoms. The Morgan fingerprint density at radius 3 is 2.50 bits per heavy atom. The average Bonchev–Trinajstić information content (AvgIpc) is 2.47. The fourth-order valence-electron chi connectivity index (χ4n) is 1.84.